The number of ketones is 1. The second-order valence-corrected chi connectivity index (χ2v) is 5.81. The summed E-state index contributed by atoms with van der Waals surface area (Å²) in [4.78, 5) is 13.1. The quantitative estimate of drug-likeness (QED) is 0.672. The third kappa shape index (κ3) is 2.92. The van der Waals surface area contributed by atoms with Crippen molar-refractivity contribution in [3.05, 3.63) is 70.6 Å². The van der Waals surface area contributed by atoms with E-state index in [-0.39, 0.29) is 5.78 Å². The van der Waals surface area contributed by atoms with Gasteiger partial charge < -0.3 is 4.74 Å². The van der Waals surface area contributed by atoms with E-state index in [1.54, 1.807) is 7.11 Å². The van der Waals surface area contributed by atoms with E-state index in [2.05, 4.69) is 4.37 Å². The van der Waals surface area contributed by atoms with Gasteiger partial charge in [-0.05, 0) is 48.8 Å². The van der Waals surface area contributed by atoms with Gasteiger partial charge in [-0.3, -0.25) is 4.79 Å². The normalized spacial score (nSPS) is 10.5. The number of carbonyl (C=O) groups is 1. The maximum absolute atomic E-state index is 12.5. The van der Waals surface area contributed by atoms with E-state index in [9.17, 15) is 4.79 Å². The molecule has 0 saturated carbocycles. The van der Waals surface area contributed by atoms with Crippen LogP contribution in [0.4, 0.5) is 0 Å². The van der Waals surface area contributed by atoms with E-state index in [1.807, 2.05) is 61.5 Å². The highest BCUT2D eigenvalue weighted by atomic mass is 32.1. The standard InChI is InChI=1S/C18H15NO2S/c1-12-3-5-14(6-4-12)18(20)17-11-16(19-22-17)13-7-9-15(21-2)10-8-13/h3-11H,1-2H3. The van der Waals surface area contributed by atoms with Crippen molar-refractivity contribution < 1.29 is 9.53 Å². The Morgan fingerprint density at radius 1 is 1.05 bits per heavy atom. The zero-order chi connectivity index (χ0) is 15.5. The molecule has 0 aliphatic heterocycles. The van der Waals surface area contributed by atoms with Gasteiger partial charge in [-0.2, -0.15) is 4.37 Å². The monoisotopic (exact) mass is 309 g/mol. The highest BCUT2D eigenvalue weighted by Gasteiger charge is 2.13. The minimum Gasteiger partial charge on any atom is -0.497 e. The Morgan fingerprint density at radius 3 is 2.36 bits per heavy atom. The number of aryl methyl sites for hydroxylation is 1. The van der Waals surface area contributed by atoms with Gasteiger partial charge in [-0.1, -0.05) is 29.8 Å². The van der Waals surface area contributed by atoms with Gasteiger partial charge in [0.25, 0.3) is 0 Å². The predicted octanol–water partition coefficient (Wildman–Crippen LogP) is 4.36. The van der Waals surface area contributed by atoms with Crippen LogP contribution in [-0.2, 0) is 0 Å². The van der Waals surface area contributed by atoms with E-state index < -0.39 is 0 Å². The van der Waals surface area contributed by atoms with E-state index in [0.29, 0.717) is 10.4 Å². The van der Waals surface area contributed by atoms with Gasteiger partial charge in [0.1, 0.15) is 5.75 Å². The lowest BCUT2D eigenvalue weighted by molar-refractivity contribution is 0.104. The Bertz CT molecular complexity index is 789. The van der Waals surface area contributed by atoms with Gasteiger partial charge in [-0.15, -0.1) is 0 Å². The lowest BCUT2D eigenvalue weighted by Gasteiger charge is -2.00. The number of aromatic nitrogens is 1. The molecule has 0 bridgehead atoms. The lowest BCUT2D eigenvalue weighted by Crippen LogP contribution is -1.97. The number of ether oxygens (including phenoxy) is 1. The van der Waals surface area contributed by atoms with E-state index >= 15 is 0 Å². The minimum atomic E-state index is 0.0114. The van der Waals surface area contributed by atoms with Gasteiger partial charge in [-0.25, -0.2) is 0 Å². The average molecular weight is 309 g/mol. The average Bonchev–Trinajstić information content (AvgIpc) is 3.05. The van der Waals surface area contributed by atoms with Crippen molar-refractivity contribution in [1.82, 2.24) is 4.37 Å². The first kappa shape index (κ1) is 14.5. The molecule has 0 aliphatic rings. The summed E-state index contributed by atoms with van der Waals surface area (Å²) in [5.74, 6) is 0.812. The number of hydrogen-bond acceptors (Lipinski definition) is 4. The second kappa shape index (κ2) is 6.12. The highest BCUT2D eigenvalue weighted by Crippen LogP contribution is 2.25. The SMILES string of the molecule is COc1ccc(-c2cc(C(=O)c3ccc(C)cc3)sn2)cc1. The first-order valence-electron chi connectivity index (χ1n) is 6.90. The van der Waals surface area contributed by atoms with Crippen LogP contribution in [-0.4, -0.2) is 17.3 Å². The third-order valence-corrected chi connectivity index (χ3v) is 4.22. The summed E-state index contributed by atoms with van der Waals surface area (Å²) < 4.78 is 9.53. The van der Waals surface area contributed by atoms with Crippen LogP contribution in [0.15, 0.2) is 54.6 Å². The largest absolute Gasteiger partial charge is 0.497 e. The molecule has 0 atom stereocenters. The van der Waals surface area contributed by atoms with Crippen LogP contribution in [0.1, 0.15) is 20.8 Å². The first-order valence-corrected chi connectivity index (χ1v) is 7.67. The van der Waals surface area contributed by atoms with E-state index in [4.69, 9.17) is 4.74 Å². The molecule has 22 heavy (non-hydrogen) atoms. The molecule has 3 aromatic rings. The predicted molar refractivity (Wildman–Crippen MR) is 88.7 cm³/mol. The number of hydrogen-bond donors (Lipinski definition) is 0. The Balaban J connectivity index is 1.86. The molecule has 1 aromatic heterocycles. The molecule has 110 valence electrons. The van der Waals surface area contributed by atoms with Crippen LogP contribution in [0.2, 0.25) is 0 Å². The van der Waals surface area contributed by atoms with Crippen LogP contribution < -0.4 is 4.74 Å². The van der Waals surface area contributed by atoms with Crippen molar-refractivity contribution >= 4 is 17.3 Å². The Kier molecular flexibility index (Phi) is 4.02. The molecule has 3 nitrogen and oxygen atoms in total. The lowest BCUT2D eigenvalue weighted by atomic mass is 10.1. The van der Waals surface area contributed by atoms with Gasteiger partial charge in [0.2, 0.25) is 5.78 Å². The molecule has 0 aliphatic carbocycles. The van der Waals surface area contributed by atoms with Crippen LogP contribution >= 0.6 is 11.5 Å². The molecule has 1 heterocycles. The maximum atomic E-state index is 12.5. The van der Waals surface area contributed by atoms with E-state index in [1.165, 1.54) is 11.5 Å². The molecule has 0 N–H and O–H groups in total. The molecule has 0 saturated heterocycles. The van der Waals surface area contributed by atoms with Crippen LogP contribution in [0.5, 0.6) is 5.75 Å². The van der Waals surface area contributed by atoms with Crippen molar-refractivity contribution in [2.24, 2.45) is 0 Å². The Labute approximate surface area is 133 Å². The molecular formula is C18H15NO2S. The summed E-state index contributed by atoms with van der Waals surface area (Å²) in [6.45, 7) is 2.00. The maximum Gasteiger partial charge on any atom is 0.204 e. The zero-order valence-electron chi connectivity index (χ0n) is 12.4. The van der Waals surface area contributed by atoms with Gasteiger partial charge in [0.05, 0.1) is 17.7 Å². The summed E-state index contributed by atoms with van der Waals surface area (Å²) in [6, 6.07) is 17.1. The van der Waals surface area contributed by atoms with Crippen molar-refractivity contribution in [2.45, 2.75) is 6.92 Å². The van der Waals surface area contributed by atoms with Gasteiger partial charge >= 0.3 is 0 Å². The fourth-order valence-corrected chi connectivity index (χ4v) is 2.85. The summed E-state index contributed by atoms with van der Waals surface area (Å²) in [5, 5.41) is 0. The summed E-state index contributed by atoms with van der Waals surface area (Å²) >= 11 is 1.23. The summed E-state index contributed by atoms with van der Waals surface area (Å²) in [6.07, 6.45) is 0. The number of carbonyl (C=O) groups excluding carboxylic acids is 1. The van der Waals surface area contributed by atoms with Gasteiger partial charge in [0.15, 0.2) is 0 Å². The number of benzene rings is 2. The minimum absolute atomic E-state index is 0.0114. The van der Waals surface area contributed by atoms with Crippen LogP contribution in [0, 0.1) is 6.92 Å². The topological polar surface area (TPSA) is 39.2 Å². The number of rotatable bonds is 4. The van der Waals surface area contributed by atoms with Crippen molar-refractivity contribution in [2.75, 3.05) is 7.11 Å². The molecule has 0 radical (unpaired) electrons. The molecule has 4 heteroatoms. The van der Waals surface area contributed by atoms with Crippen molar-refractivity contribution in [3.8, 4) is 17.0 Å². The fourth-order valence-electron chi connectivity index (χ4n) is 2.13. The molecule has 2 aromatic carbocycles. The van der Waals surface area contributed by atoms with Gasteiger partial charge in [0, 0.05) is 11.1 Å². The highest BCUT2D eigenvalue weighted by molar-refractivity contribution is 7.08. The molecule has 0 amide bonds. The molecule has 0 fully saturated rings. The summed E-state index contributed by atoms with van der Waals surface area (Å²) in [5.41, 5.74) is 3.61. The van der Waals surface area contributed by atoms with Crippen molar-refractivity contribution in [3.63, 3.8) is 0 Å². The Hall–Kier alpha value is -2.46. The Morgan fingerprint density at radius 2 is 1.73 bits per heavy atom. The molecule has 3 rings (SSSR count). The molecule has 0 spiro atoms. The smallest absolute Gasteiger partial charge is 0.204 e. The first-order chi connectivity index (χ1) is 10.7. The van der Waals surface area contributed by atoms with E-state index in [0.717, 1.165) is 22.6 Å². The number of nitrogens with zero attached hydrogens (tertiary/aromatic N) is 1. The number of methoxy groups -OCH3 is 1. The van der Waals surface area contributed by atoms with Crippen LogP contribution in [0.25, 0.3) is 11.3 Å². The second-order valence-electron chi connectivity index (χ2n) is 5.00. The van der Waals surface area contributed by atoms with Crippen molar-refractivity contribution in [1.29, 1.82) is 0 Å². The summed E-state index contributed by atoms with van der Waals surface area (Å²) in [7, 11) is 1.64. The third-order valence-electron chi connectivity index (χ3n) is 3.43. The zero-order valence-corrected chi connectivity index (χ0v) is 13.2. The van der Waals surface area contributed by atoms with Crippen LogP contribution in [0.3, 0.4) is 0 Å². The molecule has 0 unspecified atom stereocenters. The molecular weight excluding hydrogens is 294 g/mol. The fraction of sp³-hybridized carbons (Fsp3) is 0.111.